The first-order valence-corrected chi connectivity index (χ1v) is 5.65. The number of carbonyl (C=O) groups excluding carboxylic acids is 1. The van der Waals surface area contributed by atoms with Gasteiger partial charge < -0.3 is 10.1 Å². The van der Waals surface area contributed by atoms with Crippen LogP contribution in [-0.4, -0.2) is 29.3 Å². The van der Waals surface area contributed by atoms with E-state index in [9.17, 15) is 4.79 Å². The van der Waals surface area contributed by atoms with Crippen LogP contribution in [0.3, 0.4) is 0 Å². The lowest BCUT2D eigenvalue weighted by Gasteiger charge is -2.17. The Kier molecular flexibility index (Phi) is 3.69. The standard InChI is InChI=1S/C12H15N3O2/c1-17-12(16)10-7-8-11(15-14-10)13-9-5-3-2-4-6-9/h3,5,7-9H,2,4,6H2,1H3,(H,13,15). The molecule has 5 heteroatoms. The summed E-state index contributed by atoms with van der Waals surface area (Å²) in [5, 5.41) is 11.0. The predicted octanol–water partition coefficient (Wildman–Crippen LogP) is 1.78. The molecule has 5 nitrogen and oxygen atoms in total. The Morgan fingerprint density at radius 2 is 2.35 bits per heavy atom. The summed E-state index contributed by atoms with van der Waals surface area (Å²) >= 11 is 0. The van der Waals surface area contributed by atoms with Crippen molar-refractivity contribution in [3.63, 3.8) is 0 Å². The number of hydrogen-bond acceptors (Lipinski definition) is 5. The lowest BCUT2D eigenvalue weighted by molar-refractivity contribution is 0.0593. The van der Waals surface area contributed by atoms with E-state index in [0.717, 1.165) is 12.8 Å². The van der Waals surface area contributed by atoms with Crippen LogP contribution in [0, 0.1) is 0 Å². The molecule has 1 aromatic rings. The largest absolute Gasteiger partial charge is 0.464 e. The molecule has 1 unspecified atom stereocenters. The molecule has 0 amide bonds. The van der Waals surface area contributed by atoms with E-state index in [0.29, 0.717) is 11.9 Å². The van der Waals surface area contributed by atoms with E-state index in [-0.39, 0.29) is 5.69 Å². The lowest BCUT2D eigenvalue weighted by atomic mass is 10.0. The van der Waals surface area contributed by atoms with Gasteiger partial charge in [0.25, 0.3) is 0 Å². The molecule has 1 N–H and O–H groups in total. The second-order valence-corrected chi connectivity index (χ2v) is 3.91. The summed E-state index contributed by atoms with van der Waals surface area (Å²) < 4.78 is 4.55. The van der Waals surface area contributed by atoms with Gasteiger partial charge in [0.15, 0.2) is 5.69 Å². The van der Waals surface area contributed by atoms with Crippen LogP contribution in [0.5, 0.6) is 0 Å². The van der Waals surface area contributed by atoms with Gasteiger partial charge in [-0.15, -0.1) is 10.2 Å². The number of esters is 1. The van der Waals surface area contributed by atoms with E-state index in [1.807, 2.05) is 0 Å². The average molecular weight is 233 g/mol. The highest BCUT2D eigenvalue weighted by Crippen LogP contribution is 2.14. The Labute approximate surface area is 99.9 Å². The molecule has 0 aromatic carbocycles. The van der Waals surface area contributed by atoms with Crippen molar-refractivity contribution < 1.29 is 9.53 Å². The summed E-state index contributed by atoms with van der Waals surface area (Å²) in [7, 11) is 1.32. The van der Waals surface area contributed by atoms with Crippen LogP contribution in [0.25, 0.3) is 0 Å². The first-order valence-electron chi connectivity index (χ1n) is 5.65. The monoisotopic (exact) mass is 233 g/mol. The number of ether oxygens (including phenoxy) is 1. The number of allylic oxidation sites excluding steroid dienone is 1. The quantitative estimate of drug-likeness (QED) is 0.637. The van der Waals surface area contributed by atoms with Crippen molar-refractivity contribution in [2.24, 2.45) is 0 Å². The van der Waals surface area contributed by atoms with E-state index in [1.165, 1.54) is 13.5 Å². The van der Waals surface area contributed by atoms with E-state index < -0.39 is 5.97 Å². The molecule has 0 radical (unpaired) electrons. The Hall–Kier alpha value is -1.91. The van der Waals surface area contributed by atoms with Crippen molar-refractivity contribution in [2.75, 3.05) is 12.4 Å². The Morgan fingerprint density at radius 1 is 1.47 bits per heavy atom. The molecule has 1 heterocycles. The van der Waals surface area contributed by atoms with Crippen molar-refractivity contribution in [3.05, 3.63) is 30.0 Å². The third-order valence-electron chi connectivity index (χ3n) is 2.65. The van der Waals surface area contributed by atoms with Crippen molar-refractivity contribution in [2.45, 2.75) is 25.3 Å². The third kappa shape index (κ3) is 3.03. The van der Waals surface area contributed by atoms with E-state index >= 15 is 0 Å². The minimum atomic E-state index is -0.471. The zero-order valence-corrected chi connectivity index (χ0v) is 9.72. The molecule has 1 aliphatic rings. The average Bonchev–Trinajstić information content (AvgIpc) is 2.40. The maximum Gasteiger partial charge on any atom is 0.358 e. The van der Waals surface area contributed by atoms with Gasteiger partial charge in [0, 0.05) is 6.04 Å². The maximum absolute atomic E-state index is 11.2. The van der Waals surface area contributed by atoms with Crippen molar-refractivity contribution in [1.29, 1.82) is 0 Å². The van der Waals surface area contributed by atoms with Crippen LogP contribution in [0.15, 0.2) is 24.3 Å². The maximum atomic E-state index is 11.2. The second-order valence-electron chi connectivity index (χ2n) is 3.91. The molecule has 1 aromatic heterocycles. The van der Waals surface area contributed by atoms with Crippen LogP contribution in [0.4, 0.5) is 5.82 Å². The molecular weight excluding hydrogens is 218 g/mol. The summed E-state index contributed by atoms with van der Waals surface area (Å²) in [6.07, 6.45) is 7.72. The van der Waals surface area contributed by atoms with Gasteiger partial charge in [0.2, 0.25) is 0 Å². The minimum absolute atomic E-state index is 0.220. The van der Waals surface area contributed by atoms with Gasteiger partial charge in [0.05, 0.1) is 7.11 Å². The fraction of sp³-hybridized carbons (Fsp3) is 0.417. The summed E-state index contributed by atoms with van der Waals surface area (Å²) in [5.74, 6) is 0.204. The number of carbonyl (C=O) groups is 1. The highest BCUT2D eigenvalue weighted by molar-refractivity contribution is 5.86. The van der Waals surface area contributed by atoms with Crippen molar-refractivity contribution >= 4 is 11.8 Å². The van der Waals surface area contributed by atoms with Crippen LogP contribution >= 0.6 is 0 Å². The van der Waals surface area contributed by atoms with Crippen LogP contribution in [-0.2, 0) is 4.74 Å². The SMILES string of the molecule is COC(=O)c1ccc(NC2C=CCCC2)nn1. The molecule has 0 saturated carbocycles. The predicted molar refractivity (Wildman–Crippen MR) is 63.8 cm³/mol. The molecule has 17 heavy (non-hydrogen) atoms. The van der Waals surface area contributed by atoms with Gasteiger partial charge in [-0.05, 0) is 31.4 Å². The lowest BCUT2D eigenvalue weighted by Crippen LogP contribution is -2.20. The molecule has 2 rings (SSSR count). The van der Waals surface area contributed by atoms with Gasteiger partial charge >= 0.3 is 5.97 Å². The number of methoxy groups -OCH3 is 1. The molecule has 1 atom stereocenters. The summed E-state index contributed by atoms with van der Waals surface area (Å²) in [5.41, 5.74) is 0.220. The highest BCUT2D eigenvalue weighted by Gasteiger charge is 2.11. The number of nitrogens with one attached hydrogen (secondary N) is 1. The number of anilines is 1. The molecule has 90 valence electrons. The van der Waals surface area contributed by atoms with Crippen molar-refractivity contribution in [3.8, 4) is 0 Å². The molecule has 0 saturated heterocycles. The molecule has 0 fully saturated rings. The van der Waals surface area contributed by atoms with Gasteiger partial charge in [-0.2, -0.15) is 0 Å². The fourth-order valence-electron chi connectivity index (χ4n) is 1.75. The first-order chi connectivity index (χ1) is 8.29. The van der Waals surface area contributed by atoms with E-state index in [1.54, 1.807) is 12.1 Å². The number of nitrogens with zero attached hydrogens (tertiary/aromatic N) is 2. The van der Waals surface area contributed by atoms with Gasteiger partial charge in [-0.25, -0.2) is 4.79 Å². The fourth-order valence-corrected chi connectivity index (χ4v) is 1.75. The molecule has 0 bridgehead atoms. The number of aromatic nitrogens is 2. The summed E-state index contributed by atoms with van der Waals surface area (Å²) in [6.45, 7) is 0. The van der Waals surface area contributed by atoms with Gasteiger partial charge in [0.1, 0.15) is 5.82 Å². The van der Waals surface area contributed by atoms with E-state index in [2.05, 4.69) is 32.4 Å². The Morgan fingerprint density at radius 3 is 2.94 bits per heavy atom. The van der Waals surface area contributed by atoms with Gasteiger partial charge in [-0.1, -0.05) is 12.2 Å². The van der Waals surface area contributed by atoms with E-state index in [4.69, 9.17) is 0 Å². The topological polar surface area (TPSA) is 64.1 Å². The highest BCUT2D eigenvalue weighted by atomic mass is 16.5. The van der Waals surface area contributed by atoms with Crippen LogP contribution in [0.2, 0.25) is 0 Å². The van der Waals surface area contributed by atoms with Gasteiger partial charge in [-0.3, -0.25) is 0 Å². The molecule has 0 spiro atoms. The summed E-state index contributed by atoms with van der Waals surface area (Å²) in [4.78, 5) is 11.2. The minimum Gasteiger partial charge on any atom is -0.464 e. The zero-order chi connectivity index (χ0) is 12.1. The Bertz CT molecular complexity index is 414. The zero-order valence-electron chi connectivity index (χ0n) is 9.72. The van der Waals surface area contributed by atoms with Crippen LogP contribution < -0.4 is 5.32 Å². The Balaban J connectivity index is 2.00. The summed E-state index contributed by atoms with van der Waals surface area (Å²) in [6, 6.07) is 3.65. The van der Waals surface area contributed by atoms with Crippen LogP contribution in [0.1, 0.15) is 29.8 Å². The number of hydrogen-bond donors (Lipinski definition) is 1. The molecular formula is C12H15N3O2. The van der Waals surface area contributed by atoms with Crippen molar-refractivity contribution in [1.82, 2.24) is 10.2 Å². The number of rotatable bonds is 3. The molecule has 0 aliphatic heterocycles. The third-order valence-corrected chi connectivity index (χ3v) is 2.65. The second kappa shape index (κ2) is 5.43. The smallest absolute Gasteiger partial charge is 0.358 e. The molecule has 1 aliphatic carbocycles. The normalized spacial score (nSPS) is 18.8. The first kappa shape index (κ1) is 11.6.